The van der Waals surface area contributed by atoms with Crippen LogP contribution in [0.4, 0.5) is 10.1 Å². The number of halogens is 1. The summed E-state index contributed by atoms with van der Waals surface area (Å²) in [5.74, 6) is -0.127. The quantitative estimate of drug-likeness (QED) is 0.174. The lowest BCUT2D eigenvalue weighted by molar-refractivity contribution is -0.118. The summed E-state index contributed by atoms with van der Waals surface area (Å²) in [6, 6.07) is 14.2. The zero-order chi connectivity index (χ0) is 30.9. The monoisotopic (exact) mass is 604 g/mol. The number of fused-ring (bicyclic) bond motifs is 2. The first-order valence-corrected chi connectivity index (χ1v) is 15.2. The third-order valence-corrected chi connectivity index (χ3v) is 8.06. The molecule has 1 saturated heterocycles. The number of carbonyl (C=O) groups is 1. The molecule has 7 rings (SSSR count). The number of nitrogens with zero attached hydrogens (tertiary/aromatic N) is 5. The number of carbonyl (C=O) groups excluding carboxylic acids is 1. The van der Waals surface area contributed by atoms with Crippen molar-refractivity contribution in [3.8, 4) is 39.7 Å². The molecule has 1 aliphatic heterocycles. The van der Waals surface area contributed by atoms with Crippen LogP contribution in [0.5, 0.6) is 5.75 Å². The molecule has 45 heavy (non-hydrogen) atoms. The van der Waals surface area contributed by atoms with Gasteiger partial charge in [-0.25, -0.2) is 9.37 Å². The largest absolute Gasteiger partial charge is 0.492 e. The number of aromatic nitrogens is 6. The molecule has 228 valence electrons. The summed E-state index contributed by atoms with van der Waals surface area (Å²) in [5, 5.41) is 11.4. The molecule has 0 atom stereocenters. The van der Waals surface area contributed by atoms with E-state index < -0.39 is 0 Å². The van der Waals surface area contributed by atoms with Crippen LogP contribution in [0.2, 0.25) is 0 Å². The van der Waals surface area contributed by atoms with Crippen LogP contribution in [0, 0.1) is 11.7 Å². The van der Waals surface area contributed by atoms with Crippen molar-refractivity contribution in [2.75, 3.05) is 31.6 Å². The molecule has 6 aromatic rings. The Morgan fingerprint density at radius 1 is 1.02 bits per heavy atom. The van der Waals surface area contributed by atoms with Gasteiger partial charge in [0.05, 0.1) is 34.5 Å². The van der Waals surface area contributed by atoms with E-state index in [1.807, 2.05) is 50.2 Å². The first-order valence-electron chi connectivity index (χ1n) is 15.2. The van der Waals surface area contributed by atoms with Crippen LogP contribution < -0.4 is 10.1 Å². The van der Waals surface area contributed by atoms with Gasteiger partial charge in [0.2, 0.25) is 5.91 Å². The van der Waals surface area contributed by atoms with E-state index in [0.717, 1.165) is 47.3 Å². The third kappa shape index (κ3) is 5.99. The van der Waals surface area contributed by atoms with Crippen molar-refractivity contribution >= 4 is 33.5 Å². The number of hydrogen-bond donors (Lipinski definition) is 3. The molecule has 1 amide bonds. The van der Waals surface area contributed by atoms with Gasteiger partial charge in [0.1, 0.15) is 29.4 Å². The van der Waals surface area contributed by atoms with Crippen molar-refractivity contribution in [3.05, 3.63) is 72.9 Å². The maximum Gasteiger partial charge on any atom is 0.226 e. The zero-order valence-electron chi connectivity index (χ0n) is 25.1. The summed E-state index contributed by atoms with van der Waals surface area (Å²) in [7, 11) is 0. The summed E-state index contributed by atoms with van der Waals surface area (Å²) in [6.45, 7) is 7.18. The van der Waals surface area contributed by atoms with Gasteiger partial charge >= 0.3 is 0 Å². The molecule has 5 aromatic heterocycles. The predicted molar refractivity (Wildman–Crippen MR) is 172 cm³/mol. The molecular weight excluding hydrogens is 571 g/mol. The second-order valence-corrected chi connectivity index (χ2v) is 11.6. The fraction of sp³-hybridized carbons (Fsp3) is 0.265. The number of rotatable bonds is 9. The van der Waals surface area contributed by atoms with Crippen molar-refractivity contribution in [2.24, 2.45) is 5.92 Å². The number of benzene rings is 1. The smallest absolute Gasteiger partial charge is 0.226 e. The number of H-pyrrole nitrogens is 2. The van der Waals surface area contributed by atoms with Crippen LogP contribution in [0.25, 0.3) is 55.8 Å². The minimum Gasteiger partial charge on any atom is -0.492 e. The molecule has 0 unspecified atom stereocenters. The minimum absolute atomic E-state index is 0.0818. The van der Waals surface area contributed by atoms with E-state index in [2.05, 4.69) is 35.4 Å². The number of aromatic amines is 2. The highest BCUT2D eigenvalue weighted by Gasteiger charge is 2.18. The summed E-state index contributed by atoms with van der Waals surface area (Å²) in [6.07, 6.45) is 7.46. The topological polar surface area (TPSA) is 125 Å². The van der Waals surface area contributed by atoms with Crippen molar-refractivity contribution < 1.29 is 13.9 Å². The van der Waals surface area contributed by atoms with Crippen molar-refractivity contribution in [1.29, 1.82) is 0 Å². The molecule has 1 aromatic carbocycles. The summed E-state index contributed by atoms with van der Waals surface area (Å²) >= 11 is 0. The van der Waals surface area contributed by atoms with E-state index in [1.54, 1.807) is 18.6 Å². The van der Waals surface area contributed by atoms with Gasteiger partial charge in [-0.05, 0) is 68.4 Å². The standard InChI is InChI=1S/C34H33FN8O2/c1-20(2)34(44)38-24-14-22(18-36-19-24)27-5-6-29-32(40-27)33(42-41-29)30-17-26-28(39-30)7-8-37-31(26)21-13-23(35)16-25(15-21)45-12-11-43-9-3-4-10-43/h5-8,13-20,39H,3-4,9-12H2,1-2H3,(H,38,44)(H,41,42). The summed E-state index contributed by atoms with van der Waals surface area (Å²) < 4.78 is 20.7. The lowest BCUT2D eigenvalue weighted by Gasteiger charge is -2.15. The first-order chi connectivity index (χ1) is 21.9. The molecule has 0 radical (unpaired) electrons. The molecule has 10 nitrogen and oxygen atoms in total. The highest BCUT2D eigenvalue weighted by atomic mass is 19.1. The average molecular weight is 605 g/mol. The van der Waals surface area contributed by atoms with E-state index >= 15 is 0 Å². The zero-order valence-corrected chi connectivity index (χ0v) is 25.1. The van der Waals surface area contributed by atoms with Gasteiger partial charge in [0, 0.05) is 53.0 Å². The van der Waals surface area contributed by atoms with Gasteiger partial charge in [-0.15, -0.1) is 0 Å². The highest BCUT2D eigenvalue weighted by Crippen LogP contribution is 2.34. The van der Waals surface area contributed by atoms with E-state index in [9.17, 15) is 9.18 Å². The lowest BCUT2D eigenvalue weighted by atomic mass is 10.1. The number of nitrogens with one attached hydrogen (secondary N) is 3. The Morgan fingerprint density at radius 2 is 1.89 bits per heavy atom. The maximum atomic E-state index is 14.8. The first kappa shape index (κ1) is 28.6. The van der Waals surface area contributed by atoms with E-state index in [4.69, 9.17) is 9.72 Å². The number of ether oxygens (including phenoxy) is 1. The van der Waals surface area contributed by atoms with Gasteiger partial charge in [-0.3, -0.25) is 24.8 Å². The van der Waals surface area contributed by atoms with E-state index in [0.29, 0.717) is 46.2 Å². The third-order valence-electron chi connectivity index (χ3n) is 8.06. The van der Waals surface area contributed by atoms with Crippen LogP contribution >= 0.6 is 0 Å². The molecule has 6 heterocycles. The van der Waals surface area contributed by atoms with Gasteiger partial charge in [0.25, 0.3) is 0 Å². The Hall–Kier alpha value is -5.16. The van der Waals surface area contributed by atoms with E-state index in [1.165, 1.54) is 25.0 Å². The van der Waals surface area contributed by atoms with Crippen LogP contribution in [0.15, 0.2) is 67.1 Å². The lowest BCUT2D eigenvalue weighted by Crippen LogP contribution is -2.25. The summed E-state index contributed by atoms with van der Waals surface area (Å²) in [4.78, 5) is 31.9. The van der Waals surface area contributed by atoms with Crippen LogP contribution in [0.1, 0.15) is 26.7 Å². The Labute approximate surface area is 259 Å². The Kier molecular flexibility index (Phi) is 7.68. The number of hydrogen-bond acceptors (Lipinski definition) is 7. The van der Waals surface area contributed by atoms with Crippen molar-refractivity contribution in [3.63, 3.8) is 0 Å². The second-order valence-electron chi connectivity index (χ2n) is 11.6. The number of amides is 1. The fourth-order valence-corrected chi connectivity index (χ4v) is 5.68. The molecular formula is C34H33FN8O2. The number of anilines is 1. The molecule has 3 N–H and O–H groups in total. The van der Waals surface area contributed by atoms with E-state index in [-0.39, 0.29) is 17.6 Å². The molecule has 1 aliphatic rings. The number of likely N-dealkylation sites (tertiary alicyclic amines) is 1. The molecule has 0 spiro atoms. The van der Waals surface area contributed by atoms with Crippen LogP contribution in [-0.2, 0) is 4.79 Å². The molecule has 0 bridgehead atoms. The van der Waals surface area contributed by atoms with Gasteiger partial charge in [-0.1, -0.05) is 13.8 Å². The molecule has 11 heteroatoms. The number of pyridine rings is 3. The Morgan fingerprint density at radius 3 is 2.73 bits per heavy atom. The highest BCUT2D eigenvalue weighted by molar-refractivity contribution is 5.99. The van der Waals surface area contributed by atoms with Gasteiger partial charge < -0.3 is 15.0 Å². The van der Waals surface area contributed by atoms with Crippen LogP contribution in [-0.4, -0.2) is 67.2 Å². The SMILES string of the molecule is CC(C)C(=O)Nc1cncc(-c2ccc3[nH]nc(-c4cc5c(-c6cc(F)cc(OCCN7CCCC7)c6)nccc5[nH]4)c3n2)c1. The summed E-state index contributed by atoms with van der Waals surface area (Å²) in [5.41, 5.74) is 6.97. The average Bonchev–Trinajstić information content (AvgIpc) is 3.80. The normalized spacial score (nSPS) is 13.7. The van der Waals surface area contributed by atoms with Crippen molar-refractivity contribution in [1.82, 2.24) is 35.0 Å². The Balaban J connectivity index is 1.20. The predicted octanol–water partition coefficient (Wildman–Crippen LogP) is 6.44. The maximum absolute atomic E-state index is 14.8. The molecule has 1 fully saturated rings. The Bertz CT molecular complexity index is 2010. The van der Waals surface area contributed by atoms with Gasteiger partial charge in [0.15, 0.2) is 0 Å². The van der Waals surface area contributed by atoms with Crippen LogP contribution in [0.3, 0.4) is 0 Å². The van der Waals surface area contributed by atoms with Gasteiger partial charge in [-0.2, -0.15) is 5.10 Å². The fourth-order valence-electron chi connectivity index (χ4n) is 5.68. The second kappa shape index (κ2) is 12.1. The minimum atomic E-state index is -0.379. The molecule has 0 aliphatic carbocycles. The molecule has 0 saturated carbocycles. The van der Waals surface area contributed by atoms with Crippen molar-refractivity contribution in [2.45, 2.75) is 26.7 Å².